The van der Waals surface area contributed by atoms with E-state index in [4.69, 9.17) is 0 Å². The molecule has 2 rings (SSSR count). The second-order valence-electron chi connectivity index (χ2n) is 5.20. The van der Waals surface area contributed by atoms with E-state index in [0.717, 1.165) is 12.8 Å². The van der Waals surface area contributed by atoms with Gasteiger partial charge in [-0.1, -0.05) is 0 Å². The summed E-state index contributed by atoms with van der Waals surface area (Å²) in [5.41, 5.74) is 0. The number of alkyl halides is 3. The van der Waals surface area contributed by atoms with Gasteiger partial charge in [-0.05, 0) is 44.4 Å². The average molecular weight is 234 g/mol. The maximum absolute atomic E-state index is 12.4. The van der Waals surface area contributed by atoms with Crippen molar-refractivity contribution < 1.29 is 18.0 Å². The monoisotopic (exact) mass is 234 g/mol. The van der Waals surface area contributed by atoms with Crippen molar-refractivity contribution >= 4 is 5.78 Å². The van der Waals surface area contributed by atoms with E-state index in [1.807, 2.05) is 0 Å². The minimum Gasteiger partial charge on any atom is -0.299 e. The Labute approximate surface area is 93.4 Å². The van der Waals surface area contributed by atoms with Crippen molar-refractivity contribution in [1.82, 2.24) is 0 Å². The maximum atomic E-state index is 12.4. The fraction of sp³-hybridized carbons (Fsp3) is 0.917. The quantitative estimate of drug-likeness (QED) is 0.727. The molecule has 0 bridgehead atoms. The van der Waals surface area contributed by atoms with Gasteiger partial charge in [-0.3, -0.25) is 4.79 Å². The molecular formula is C12H17F3O. The molecule has 0 unspecified atom stereocenters. The molecule has 0 aromatic carbocycles. The highest BCUT2D eigenvalue weighted by atomic mass is 19.4. The van der Waals surface area contributed by atoms with Crippen LogP contribution < -0.4 is 0 Å². The molecule has 16 heavy (non-hydrogen) atoms. The number of Topliss-reactive ketones (excluding diaryl/α,β-unsaturated/α-hetero) is 1. The van der Waals surface area contributed by atoms with Gasteiger partial charge in [0.05, 0.1) is 5.92 Å². The molecule has 2 aliphatic carbocycles. The predicted molar refractivity (Wildman–Crippen MR) is 53.9 cm³/mol. The highest BCUT2D eigenvalue weighted by molar-refractivity contribution is 5.81. The zero-order valence-electron chi connectivity index (χ0n) is 9.22. The molecule has 0 N–H and O–H groups in total. The first-order chi connectivity index (χ1) is 7.47. The van der Waals surface area contributed by atoms with Crippen LogP contribution in [-0.2, 0) is 4.79 Å². The Morgan fingerprint density at radius 2 is 1.56 bits per heavy atom. The number of hydrogen-bond acceptors (Lipinski definition) is 1. The number of halogens is 3. The first-order valence-corrected chi connectivity index (χ1v) is 6.06. The van der Waals surface area contributed by atoms with Gasteiger partial charge in [-0.2, -0.15) is 13.2 Å². The van der Waals surface area contributed by atoms with Crippen LogP contribution in [0.4, 0.5) is 13.2 Å². The van der Waals surface area contributed by atoms with Gasteiger partial charge in [0.15, 0.2) is 0 Å². The van der Waals surface area contributed by atoms with Crippen LogP contribution in [0, 0.1) is 17.8 Å². The number of ketones is 1. The molecule has 92 valence electrons. The molecule has 1 nitrogen and oxygen atoms in total. The van der Waals surface area contributed by atoms with E-state index in [1.165, 1.54) is 0 Å². The molecular weight excluding hydrogens is 217 g/mol. The molecule has 2 aliphatic rings. The van der Waals surface area contributed by atoms with Gasteiger partial charge in [0, 0.05) is 12.3 Å². The molecule has 0 aromatic rings. The number of rotatable bonds is 3. The zero-order chi connectivity index (χ0) is 11.8. The van der Waals surface area contributed by atoms with Crippen molar-refractivity contribution in [3.05, 3.63) is 0 Å². The highest BCUT2D eigenvalue weighted by Crippen LogP contribution is 2.41. The fourth-order valence-corrected chi connectivity index (χ4v) is 2.52. The standard InChI is InChI=1S/C12H17F3O/c13-12(14,15)10-5-3-9(4-6-10)11(16)7-8-1-2-8/h8-10H,1-7H2. The summed E-state index contributed by atoms with van der Waals surface area (Å²) >= 11 is 0. The van der Waals surface area contributed by atoms with Crippen molar-refractivity contribution in [2.24, 2.45) is 17.8 Å². The molecule has 2 fully saturated rings. The second kappa shape index (κ2) is 4.38. The lowest BCUT2D eigenvalue weighted by Gasteiger charge is -2.29. The Balaban J connectivity index is 1.77. The van der Waals surface area contributed by atoms with E-state index in [-0.39, 0.29) is 24.5 Å². The first-order valence-electron chi connectivity index (χ1n) is 6.06. The van der Waals surface area contributed by atoms with Gasteiger partial charge in [0.1, 0.15) is 5.78 Å². The van der Waals surface area contributed by atoms with Gasteiger partial charge < -0.3 is 0 Å². The van der Waals surface area contributed by atoms with E-state index in [9.17, 15) is 18.0 Å². The molecule has 0 saturated heterocycles. The summed E-state index contributed by atoms with van der Waals surface area (Å²) in [5, 5.41) is 0. The molecule has 0 heterocycles. The summed E-state index contributed by atoms with van der Waals surface area (Å²) < 4.78 is 37.2. The largest absolute Gasteiger partial charge is 0.391 e. The molecule has 0 radical (unpaired) electrons. The summed E-state index contributed by atoms with van der Waals surface area (Å²) in [7, 11) is 0. The smallest absolute Gasteiger partial charge is 0.299 e. The van der Waals surface area contributed by atoms with E-state index in [0.29, 0.717) is 25.2 Å². The van der Waals surface area contributed by atoms with Crippen molar-refractivity contribution in [3.8, 4) is 0 Å². The molecule has 0 spiro atoms. The van der Waals surface area contributed by atoms with Crippen LogP contribution in [0.25, 0.3) is 0 Å². The lowest BCUT2D eigenvalue weighted by molar-refractivity contribution is -0.184. The van der Waals surface area contributed by atoms with Crippen LogP contribution in [0.5, 0.6) is 0 Å². The molecule has 0 atom stereocenters. The Morgan fingerprint density at radius 1 is 1.00 bits per heavy atom. The SMILES string of the molecule is O=C(CC1CC1)C1CCC(C(F)(F)F)CC1. The normalized spacial score (nSPS) is 31.4. The molecule has 0 aromatic heterocycles. The van der Waals surface area contributed by atoms with E-state index >= 15 is 0 Å². The molecule has 2 saturated carbocycles. The third-order valence-corrected chi connectivity index (χ3v) is 3.83. The number of carbonyl (C=O) groups is 1. The molecule has 0 aliphatic heterocycles. The second-order valence-corrected chi connectivity index (χ2v) is 5.20. The van der Waals surface area contributed by atoms with Crippen LogP contribution >= 0.6 is 0 Å². The van der Waals surface area contributed by atoms with Crippen molar-refractivity contribution in [1.29, 1.82) is 0 Å². The van der Waals surface area contributed by atoms with Crippen molar-refractivity contribution in [3.63, 3.8) is 0 Å². The third kappa shape index (κ3) is 2.98. The van der Waals surface area contributed by atoms with Crippen LogP contribution in [0.2, 0.25) is 0 Å². The lowest BCUT2D eigenvalue weighted by Crippen LogP contribution is -2.30. The third-order valence-electron chi connectivity index (χ3n) is 3.83. The van der Waals surface area contributed by atoms with Crippen LogP contribution in [-0.4, -0.2) is 12.0 Å². The minimum atomic E-state index is -4.06. The Bertz CT molecular complexity index is 260. The lowest BCUT2D eigenvalue weighted by atomic mass is 9.79. The number of carbonyl (C=O) groups excluding carboxylic acids is 1. The van der Waals surface area contributed by atoms with Gasteiger partial charge in [-0.15, -0.1) is 0 Å². The van der Waals surface area contributed by atoms with E-state index in [2.05, 4.69) is 0 Å². The summed E-state index contributed by atoms with van der Waals surface area (Å²) in [6.45, 7) is 0. The Kier molecular flexibility index (Phi) is 3.27. The summed E-state index contributed by atoms with van der Waals surface area (Å²) in [6.07, 6.45) is -0.0280. The summed E-state index contributed by atoms with van der Waals surface area (Å²) in [4.78, 5) is 11.7. The summed E-state index contributed by atoms with van der Waals surface area (Å²) in [5.74, 6) is -0.493. The van der Waals surface area contributed by atoms with Crippen LogP contribution in [0.3, 0.4) is 0 Å². The van der Waals surface area contributed by atoms with E-state index < -0.39 is 12.1 Å². The first kappa shape index (κ1) is 11.9. The van der Waals surface area contributed by atoms with Crippen LogP contribution in [0.15, 0.2) is 0 Å². The van der Waals surface area contributed by atoms with Crippen LogP contribution in [0.1, 0.15) is 44.9 Å². The van der Waals surface area contributed by atoms with Gasteiger partial charge in [-0.25, -0.2) is 0 Å². The fourth-order valence-electron chi connectivity index (χ4n) is 2.52. The van der Waals surface area contributed by atoms with Gasteiger partial charge in [0.2, 0.25) is 0 Å². The van der Waals surface area contributed by atoms with E-state index in [1.54, 1.807) is 0 Å². The topological polar surface area (TPSA) is 17.1 Å². The average Bonchev–Trinajstić information content (AvgIpc) is 3.00. The zero-order valence-corrected chi connectivity index (χ0v) is 9.22. The Morgan fingerprint density at radius 3 is 2.00 bits per heavy atom. The minimum absolute atomic E-state index is 0.0841. The van der Waals surface area contributed by atoms with Crippen molar-refractivity contribution in [2.75, 3.05) is 0 Å². The van der Waals surface area contributed by atoms with Gasteiger partial charge >= 0.3 is 6.18 Å². The molecule has 4 heteroatoms. The highest BCUT2D eigenvalue weighted by Gasteiger charge is 2.42. The number of hydrogen-bond donors (Lipinski definition) is 0. The van der Waals surface area contributed by atoms with Gasteiger partial charge in [0.25, 0.3) is 0 Å². The predicted octanol–water partition coefficient (Wildman–Crippen LogP) is 3.72. The molecule has 0 amide bonds. The van der Waals surface area contributed by atoms with Crippen molar-refractivity contribution in [2.45, 2.75) is 51.1 Å². The maximum Gasteiger partial charge on any atom is 0.391 e. The Hall–Kier alpha value is -0.540. The summed E-state index contributed by atoms with van der Waals surface area (Å²) in [6, 6.07) is 0.